The van der Waals surface area contributed by atoms with Crippen molar-refractivity contribution in [3.05, 3.63) is 59.8 Å². The van der Waals surface area contributed by atoms with Crippen molar-refractivity contribution in [1.29, 1.82) is 0 Å². The van der Waals surface area contributed by atoms with E-state index in [0.29, 0.717) is 21.5 Å². The SMILES string of the molecule is CS(=O)c1ccc2nccc(Oc3ccc(CC(=O)O)cc3C(F)F)c2c1. The number of carboxylic acids is 1. The molecule has 1 aromatic heterocycles. The van der Waals surface area contributed by atoms with Crippen molar-refractivity contribution < 1.29 is 27.6 Å². The minimum absolute atomic E-state index is 0.0744. The second kappa shape index (κ2) is 7.79. The van der Waals surface area contributed by atoms with Crippen LogP contribution in [0.2, 0.25) is 0 Å². The van der Waals surface area contributed by atoms with Crippen LogP contribution in [0, 0.1) is 0 Å². The highest BCUT2D eigenvalue weighted by Gasteiger charge is 2.18. The van der Waals surface area contributed by atoms with Crippen molar-refractivity contribution in [2.45, 2.75) is 17.7 Å². The van der Waals surface area contributed by atoms with E-state index in [0.717, 1.165) is 6.07 Å². The van der Waals surface area contributed by atoms with Crippen LogP contribution in [0.1, 0.15) is 17.6 Å². The minimum atomic E-state index is -2.83. The molecule has 0 fully saturated rings. The molecule has 0 saturated heterocycles. The van der Waals surface area contributed by atoms with Crippen molar-refractivity contribution >= 4 is 27.7 Å². The molecule has 0 aliphatic heterocycles. The zero-order valence-corrected chi connectivity index (χ0v) is 15.0. The van der Waals surface area contributed by atoms with Crippen molar-refractivity contribution in [3.63, 3.8) is 0 Å². The summed E-state index contributed by atoms with van der Waals surface area (Å²) in [5.74, 6) is -0.890. The number of carboxylic acid groups (broad SMARTS) is 1. The van der Waals surface area contributed by atoms with Crippen LogP contribution >= 0.6 is 0 Å². The predicted molar refractivity (Wildman–Crippen MR) is 96.9 cm³/mol. The lowest BCUT2D eigenvalue weighted by molar-refractivity contribution is -0.136. The average molecular weight is 391 g/mol. The molecule has 8 heteroatoms. The number of hydrogen-bond donors (Lipinski definition) is 1. The first-order valence-corrected chi connectivity index (χ1v) is 9.44. The Balaban J connectivity index is 2.05. The van der Waals surface area contributed by atoms with Crippen LogP contribution in [0.4, 0.5) is 8.78 Å². The molecule has 5 nitrogen and oxygen atoms in total. The summed E-state index contributed by atoms with van der Waals surface area (Å²) in [6.07, 6.45) is -0.167. The Bertz CT molecular complexity index is 1040. The Kier molecular flexibility index (Phi) is 5.46. The fourth-order valence-electron chi connectivity index (χ4n) is 2.63. The normalized spacial score (nSPS) is 12.3. The summed E-state index contributed by atoms with van der Waals surface area (Å²) >= 11 is 0. The quantitative estimate of drug-likeness (QED) is 0.677. The largest absolute Gasteiger partial charge is 0.481 e. The number of fused-ring (bicyclic) bond motifs is 1. The Hall–Kier alpha value is -2.87. The molecule has 0 spiro atoms. The molecule has 0 amide bonds. The van der Waals surface area contributed by atoms with Gasteiger partial charge in [0, 0.05) is 33.5 Å². The van der Waals surface area contributed by atoms with Crippen LogP contribution in [-0.4, -0.2) is 26.5 Å². The Morgan fingerprint density at radius 3 is 2.63 bits per heavy atom. The fourth-order valence-corrected chi connectivity index (χ4v) is 3.18. The Morgan fingerprint density at radius 2 is 1.96 bits per heavy atom. The molecule has 1 N–H and O–H groups in total. The number of ether oxygens (including phenoxy) is 1. The van der Waals surface area contributed by atoms with Gasteiger partial charge in [-0.3, -0.25) is 14.0 Å². The van der Waals surface area contributed by atoms with E-state index in [9.17, 15) is 17.8 Å². The number of aromatic nitrogens is 1. The molecule has 0 aliphatic rings. The Labute approximate surface area is 156 Å². The standard InChI is InChI=1S/C19H15F2NO4S/c1-27(25)12-3-4-15-13(10-12)17(6-7-22-15)26-16-5-2-11(9-18(23)24)8-14(16)19(20)21/h2-8,10,19H,9H2,1H3,(H,23,24). The smallest absolute Gasteiger partial charge is 0.307 e. The summed E-state index contributed by atoms with van der Waals surface area (Å²) in [4.78, 5) is 15.6. The first-order chi connectivity index (χ1) is 12.8. The number of nitrogens with zero attached hydrogens (tertiary/aromatic N) is 1. The lowest BCUT2D eigenvalue weighted by Crippen LogP contribution is -2.02. The molecule has 3 rings (SSSR count). The first kappa shape index (κ1) is 18.9. The second-order valence-electron chi connectivity index (χ2n) is 5.79. The number of rotatable bonds is 6. The van der Waals surface area contributed by atoms with Crippen molar-refractivity contribution in [2.75, 3.05) is 6.26 Å². The molecule has 2 aromatic carbocycles. The molecule has 1 unspecified atom stereocenters. The van der Waals surface area contributed by atoms with E-state index < -0.39 is 28.8 Å². The number of alkyl halides is 2. The van der Waals surface area contributed by atoms with Crippen molar-refractivity contribution in [3.8, 4) is 11.5 Å². The van der Waals surface area contributed by atoms with E-state index in [4.69, 9.17) is 9.84 Å². The summed E-state index contributed by atoms with van der Waals surface area (Å²) in [5.41, 5.74) is 0.435. The molecule has 27 heavy (non-hydrogen) atoms. The average Bonchev–Trinajstić information content (AvgIpc) is 2.62. The number of benzene rings is 2. The van der Waals surface area contributed by atoms with Gasteiger partial charge in [-0.1, -0.05) is 6.07 Å². The van der Waals surface area contributed by atoms with Crippen LogP contribution in [0.25, 0.3) is 10.9 Å². The van der Waals surface area contributed by atoms with Gasteiger partial charge in [0.1, 0.15) is 11.5 Å². The summed E-state index contributed by atoms with van der Waals surface area (Å²) in [5, 5.41) is 9.38. The molecule has 0 radical (unpaired) electrons. The molecule has 1 heterocycles. The van der Waals surface area contributed by atoms with E-state index in [-0.39, 0.29) is 17.7 Å². The van der Waals surface area contributed by atoms with E-state index in [1.807, 2.05) is 0 Å². The monoisotopic (exact) mass is 391 g/mol. The van der Waals surface area contributed by atoms with Gasteiger partial charge >= 0.3 is 5.97 Å². The summed E-state index contributed by atoms with van der Waals surface area (Å²) in [6.45, 7) is 0. The molecular formula is C19H15F2NO4S. The highest BCUT2D eigenvalue weighted by molar-refractivity contribution is 7.84. The van der Waals surface area contributed by atoms with E-state index >= 15 is 0 Å². The topological polar surface area (TPSA) is 76.5 Å². The summed E-state index contributed by atoms with van der Waals surface area (Å²) < 4.78 is 44.3. The number of halogens is 2. The molecule has 0 aliphatic carbocycles. The molecule has 0 saturated carbocycles. The zero-order chi connectivity index (χ0) is 19.6. The van der Waals surface area contributed by atoms with Gasteiger partial charge in [-0.05, 0) is 42.0 Å². The highest BCUT2D eigenvalue weighted by atomic mass is 32.2. The van der Waals surface area contributed by atoms with Gasteiger partial charge in [-0.25, -0.2) is 8.78 Å². The van der Waals surface area contributed by atoms with Gasteiger partial charge in [-0.2, -0.15) is 0 Å². The van der Waals surface area contributed by atoms with E-state index in [1.165, 1.54) is 30.7 Å². The predicted octanol–water partition coefficient (Wildman–Crippen LogP) is 4.33. The number of aliphatic carboxylic acids is 1. The lowest BCUT2D eigenvalue weighted by Gasteiger charge is -2.14. The van der Waals surface area contributed by atoms with Crippen LogP contribution in [0.5, 0.6) is 11.5 Å². The molecule has 1 atom stereocenters. The van der Waals surface area contributed by atoms with Gasteiger partial charge < -0.3 is 9.84 Å². The van der Waals surface area contributed by atoms with Crippen LogP contribution < -0.4 is 4.74 Å². The minimum Gasteiger partial charge on any atom is -0.481 e. The van der Waals surface area contributed by atoms with Crippen molar-refractivity contribution in [1.82, 2.24) is 4.98 Å². The number of pyridine rings is 1. The first-order valence-electron chi connectivity index (χ1n) is 7.88. The maximum absolute atomic E-state index is 13.5. The maximum Gasteiger partial charge on any atom is 0.307 e. The zero-order valence-electron chi connectivity index (χ0n) is 14.2. The van der Waals surface area contributed by atoms with Crippen LogP contribution in [0.15, 0.2) is 53.6 Å². The van der Waals surface area contributed by atoms with Crippen molar-refractivity contribution in [2.24, 2.45) is 0 Å². The lowest BCUT2D eigenvalue weighted by atomic mass is 10.1. The van der Waals surface area contributed by atoms with E-state index in [1.54, 1.807) is 18.2 Å². The third-order valence-corrected chi connectivity index (χ3v) is 4.81. The summed E-state index contributed by atoms with van der Waals surface area (Å²) in [7, 11) is -1.22. The highest BCUT2D eigenvalue weighted by Crippen LogP contribution is 2.36. The molecule has 0 bridgehead atoms. The molecular weight excluding hydrogens is 376 g/mol. The molecule has 3 aromatic rings. The number of carbonyl (C=O) groups is 1. The number of hydrogen-bond acceptors (Lipinski definition) is 4. The van der Waals surface area contributed by atoms with Crippen LogP contribution in [-0.2, 0) is 22.0 Å². The van der Waals surface area contributed by atoms with Gasteiger partial charge in [0.05, 0.1) is 17.5 Å². The van der Waals surface area contributed by atoms with E-state index in [2.05, 4.69) is 4.98 Å². The fraction of sp³-hybridized carbons (Fsp3) is 0.158. The van der Waals surface area contributed by atoms with Gasteiger partial charge in [0.25, 0.3) is 6.43 Å². The Morgan fingerprint density at radius 1 is 1.19 bits per heavy atom. The second-order valence-corrected chi connectivity index (χ2v) is 7.17. The van der Waals surface area contributed by atoms with Gasteiger partial charge in [-0.15, -0.1) is 0 Å². The molecule has 140 valence electrons. The third kappa shape index (κ3) is 4.28. The summed E-state index contributed by atoms with van der Waals surface area (Å²) in [6, 6.07) is 10.4. The maximum atomic E-state index is 13.5. The van der Waals surface area contributed by atoms with Crippen LogP contribution in [0.3, 0.4) is 0 Å². The van der Waals surface area contributed by atoms with Gasteiger partial charge in [0.15, 0.2) is 0 Å². The third-order valence-electron chi connectivity index (χ3n) is 3.89. The van der Waals surface area contributed by atoms with Gasteiger partial charge in [0.2, 0.25) is 0 Å².